The maximum absolute atomic E-state index is 13.1. The predicted octanol–water partition coefficient (Wildman–Crippen LogP) is 3.41. The first kappa shape index (κ1) is 18.9. The van der Waals surface area contributed by atoms with Gasteiger partial charge in [-0.25, -0.2) is 4.39 Å². The van der Waals surface area contributed by atoms with Gasteiger partial charge in [-0.1, -0.05) is 17.3 Å². The van der Waals surface area contributed by atoms with Crippen molar-refractivity contribution >= 4 is 5.91 Å². The molecule has 1 unspecified atom stereocenters. The second-order valence-corrected chi connectivity index (χ2v) is 6.83. The van der Waals surface area contributed by atoms with Gasteiger partial charge < -0.3 is 18.9 Å². The molecule has 1 amide bonds. The van der Waals surface area contributed by atoms with Gasteiger partial charge in [-0.05, 0) is 29.8 Å². The van der Waals surface area contributed by atoms with Crippen molar-refractivity contribution in [3.8, 4) is 23.0 Å². The second kappa shape index (κ2) is 7.90. The van der Waals surface area contributed by atoms with Crippen LogP contribution in [0, 0.1) is 5.82 Å². The van der Waals surface area contributed by atoms with Gasteiger partial charge >= 0.3 is 0 Å². The number of benzene rings is 2. The molecule has 8 heteroatoms. The minimum absolute atomic E-state index is 0.00713. The van der Waals surface area contributed by atoms with E-state index < -0.39 is 0 Å². The summed E-state index contributed by atoms with van der Waals surface area (Å²) in [7, 11) is 3.13. The predicted molar refractivity (Wildman–Crippen MR) is 102 cm³/mol. The first-order chi connectivity index (χ1) is 14.1. The van der Waals surface area contributed by atoms with Gasteiger partial charge in [0.15, 0.2) is 5.82 Å². The van der Waals surface area contributed by atoms with Crippen LogP contribution in [0.15, 0.2) is 47.0 Å². The molecule has 0 bridgehead atoms. The van der Waals surface area contributed by atoms with E-state index in [0.717, 1.165) is 5.56 Å². The number of carbonyl (C=O) groups is 1. The molecule has 1 fully saturated rings. The molecule has 1 aromatic heterocycles. The van der Waals surface area contributed by atoms with Crippen molar-refractivity contribution in [3.63, 3.8) is 0 Å². The summed E-state index contributed by atoms with van der Waals surface area (Å²) in [5, 5.41) is 4.08. The molecule has 1 saturated heterocycles. The lowest BCUT2D eigenvalue weighted by Crippen LogP contribution is -2.24. The van der Waals surface area contributed by atoms with Gasteiger partial charge in [-0.3, -0.25) is 4.79 Å². The fourth-order valence-corrected chi connectivity index (χ4v) is 3.39. The molecule has 7 nitrogen and oxygen atoms in total. The van der Waals surface area contributed by atoms with E-state index in [0.29, 0.717) is 48.3 Å². The minimum Gasteiger partial charge on any atom is -0.497 e. The van der Waals surface area contributed by atoms with Gasteiger partial charge in [0.1, 0.15) is 17.3 Å². The zero-order valence-electron chi connectivity index (χ0n) is 16.1. The molecule has 2 heterocycles. The van der Waals surface area contributed by atoms with Crippen molar-refractivity contribution in [2.75, 3.05) is 20.8 Å². The number of rotatable bonds is 6. The van der Waals surface area contributed by atoms with E-state index in [2.05, 4.69) is 10.1 Å². The van der Waals surface area contributed by atoms with Crippen LogP contribution in [0.2, 0.25) is 0 Å². The van der Waals surface area contributed by atoms with Crippen molar-refractivity contribution in [3.05, 3.63) is 59.7 Å². The fourth-order valence-electron chi connectivity index (χ4n) is 3.39. The molecule has 3 aromatic rings. The highest BCUT2D eigenvalue weighted by Gasteiger charge is 2.34. The Bertz CT molecular complexity index is 1020. The number of hydrogen-bond donors (Lipinski definition) is 0. The minimum atomic E-state index is -0.298. The average Bonchev–Trinajstić information content (AvgIpc) is 3.36. The molecule has 1 aliphatic heterocycles. The summed E-state index contributed by atoms with van der Waals surface area (Å²) < 4.78 is 29.1. The van der Waals surface area contributed by atoms with Crippen molar-refractivity contribution in [2.45, 2.75) is 18.9 Å². The third kappa shape index (κ3) is 3.91. The third-order valence-corrected chi connectivity index (χ3v) is 4.95. The Morgan fingerprint density at radius 1 is 1.17 bits per heavy atom. The lowest BCUT2D eigenvalue weighted by molar-refractivity contribution is -0.128. The van der Waals surface area contributed by atoms with Crippen LogP contribution in [-0.4, -0.2) is 41.7 Å². The molecule has 1 aliphatic rings. The smallest absolute Gasteiger partial charge is 0.261 e. The molecule has 2 aromatic carbocycles. The maximum atomic E-state index is 13.1. The quantitative estimate of drug-likeness (QED) is 0.634. The van der Waals surface area contributed by atoms with Crippen LogP contribution in [0.5, 0.6) is 11.5 Å². The SMILES string of the molecule is COc1ccc(-c2nc(C3CC(=O)N(Cc4ccc(F)cc4)C3)no2)c(OC)c1. The molecule has 0 spiro atoms. The van der Waals surface area contributed by atoms with Gasteiger partial charge in [-0.15, -0.1) is 0 Å². The summed E-state index contributed by atoms with van der Waals surface area (Å²) in [5.41, 5.74) is 1.52. The van der Waals surface area contributed by atoms with Crippen LogP contribution >= 0.6 is 0 Å². The summed E-state index contributed by atoms with van der Waals surface area (Å²) in [6.45, 7) is 0.904. The molecule has 0 radical (unpaired) electrons. The molecule has 1 atom stereocenters. The van der Waals surface area contributed by atoms with E-state index >= 15 is 0 Å². The molecule has 4 rings (SSSR count). The van der Waals surface area contributed by atoms with Gasteiger partial charge in [0.05, 0.1) is 19.8 Å². The van der Waals surface area contributed by atoms with Gasteiger partial charge in [0.25, 0.3) is 5.89 Å². The summed E-state index contributed by atoms with van der Waals surface area (Å²) in [5.74, 6) is 1.56. The lowest BCUT2D eigenvalue weighted by Gasteiger charge is -2.16. The fraction of sp³-hybridized carbons (Fsp3) is 0.286. The van der Waals surface area contributed by atoms with Crippen LogP contribution in [0.1, 0.15) is 23.7 Å². The van der Waals surface area contributed by atoms with Crippen molar-refractivity contribution < 1.29 is 23.2 Å². The number of hydrogen-bond acceptors (Lipinski definition) is 6. The molecule has 0 saturated carbocycles. The van der Waals surface area contributed by atoms with E-state index in [1.165, 1.54) is 12.1 Å². The zero-order valence-corrected chi connectivity index (χ0v) is 16.1. The summed E-state index contributed by atoms with van der Waals surface area (Å²) >= 11 is 0. The van der Waals surface area contributed by atoms with E-state index in [-0.39, 0.29) is 17.6 Å². The largest absolute Gasteiger partial charge is 0.497 e. The van der Waals surface area contributed by atoms with Crippen molar-refractivity contribution in [1.82, 2.24) is 15.0 Å². The number of carbonyl (C=O) groups excluding carboxylic acids is 1. The highest BCUT2D eigenvalue weighted by atomic mass is 19.1. The summed E-state index contributed by atoms with van der Waals surface area (Å²) in [6.07, 6.45) is 0.305. The molecule has 0 N–H and O–H groups in total. The normalized spacial score (nSPS) is 16.3. The molecular formula is C21H20FN3O4. The first-order valence-electron chi connectivity index (χ1n) is 9.15. The topological polar surface area (TPSA) is 77.7 Å². The van der Waals surface area contributed by atoms with Crippen LogP contribution in [-0.2, 0) is 11.3 Å². The van der Waals surface area contributed by atoms with Crippen LogP contribution in [0.4, 0.5) is 4.39 Å². The Labute approximate surface area is 167 Å². The number of aromatic nitrogens is 2. The van der Waals surface area contributed by atoms with Crippen LogP contribution < -0.4 is 9.47 Å². The van der Waals surface area contributed by atoms with E-state index in [1.807, 2.05) is 0 Å². The van der Waals surface area contributed by atoms with E-state index in [4.69, 9.17) is 14.0 Å². The number of halogens is 1. The Balaban J connectivity index is 1.50. The van der Waals surface area contributed by atoms with Crippen molar-refractivity contribution in [1.29, 1.82) is 0 Å². The van der Waals surface area contributed by atoms with E-state index in [9.17, 15) is 9.18 Å². The molecular weight excluding hydrogens is 377 g/mol. The number of likely N-dealkylation sites (tertiary alicyclic amines) is 1. The van der Waals surface area contributed by atoms with Gasteiger partial charge in [0.2, 0.25) is 5.91 Å². The molecule has 150 valence electrons. The lowest BCUT2D eigenvalue weighted by atomic mass is 10.1. The monoisotopic (exact) mass is 397 g/mol. The third-order valence-electron chi connectivity index (χ3n) is 4.95. The number of amides is 1. The molecule has 0 aliphatic carbocycles. The van der Waals surface area contributed by atoms with Crippen LogP contribution in [0.3, 0.4) is 0 Å². The Hall–Kier alpha value is -3.42. The zero-order chi connectivity index (χ0) is 20.4. The first-order valence-corrected chi connectivity index (χ1v) is 9.15. The van der Waals surface area contributed by atoms with Gasteiger partial charge in [0, 0.05) is 31.5 Å². The second-order valence-electron chi connectivity index (χ2n) is 6.83. The van der Waals surface area contributed by atoms with Crippen molar-refractivity contribution in [2.24, 2.45) is 0 Å². The number of nitrogens with zero attached hydrogens (tertiary/aromatic N) is 3. The summed E-state index contributed by atoms with van der Waals surface area (Å²) in [4.78, 5) is 18.6. The maximum Gasteiger partial charge on any atom is 0.261 e. The average molecular weight is 397 g/mol. The van der Waals surface area contributed by atoms with E-state index in [1.54, 1.807) is 49.5 Å². The Morgan fingerprint density at radius 2 is 1.97 bits per heavy atom. The van der Waals surface area contributed by atoms with Gasteiger partial charge in [-0.2, -0.15) is 4.98 Å². The standard InChI is InChI=1S/C21H20FN3O4/c1-27-16-7-8-17(18(10-16)28-2)21-23-20(24-29-21)14-9-19(26)25(12-14)11-13-3-5-15(22)6-4-13/h3-8,10,14H,9,11-12H2,1-2H3. The van der Waals surface area contributed by atoms with Crippen LogP contribution in [0.25, 0.3) is 11.5 Å². The summed E-state index contributed by atoms with van der Waals surface area (Å²) in [6, 6.07) is 11.4. The molecule has 29 heavy (non-hydrogen) atoms. The number of methoxy groups -OCH3 is 2. The highest BCUT2D eigenvalue weighted by molar-refractivity contribution is 5.79. The number of ether oxygens (including phenoxy) is 2. The Kier molecular flexibility index (Phi) is 5.16. The highest BCUT2D eigenvalue weighted by Crippen LogP contribution is 2.34. The Morgan fingerprint density at radius 3 is 2.69 bits per heavy atom.